The summed E-state index contributed by atoms with van der Waals surface area (Å²) >= 11 is 0. The monoisotopic (exact) mass is 417 g/mol. The largest absolute Gasteiger partial charge is 0.379 e. The second-order valence-electron chi connectivity index (χ2n) is 9.62. The van der Waals surface area contributed by atoms with E-state index in [1.54, 1.807) is 7.11 Å². The number of aromatic nitrogens is 2. The summed E-state index contributed by atoms with van der Waals surface area (Å²) in [6.45, 7) is 1.59. The maximum absolute atomic E-state index is 13.2. The molecule has 0 aromatic carbocycles. The first-order valence-corrected chi connectivity index (χ1v) is 11.4. The van der Waals surface area contributed by atoms with Crippen LogP contribution in [0, 0.1) is 23.6 Å². The summed E-state index contributed by atoms with van der Waals surface area (Å²) in [5.74, 6) is 1.60. The number of hydrogen-bond acceptors (Lipinski definition) is 6. The fourth-order valence-corrected chi connectivity index (χ4v) is 6.47. The predicted molar refractivity (Wildman–Crippen MR) is 110 cm³/mol. The van der Waals surface area contributed by atoms with Crippen molar-refractivity contribution in [2.24, 2.45) is 23.5 Å². The third-order valence-electron chi connectivity index (χ3n) is 7.92. The summed E-state index contributed by atoms with van der Waals surface area (Å²) in [5.41, 5.74) is 5.82. The molecule has 0 radical (unpaired) electrons. The topological polar surface area (TPSA) is 84.6 Å². The molecule has 30 heavy (non-hydrogen) atoms. The van der Waals surface area contributed by atoms with Crippen molar-refractivity contribution >= 4 is 11.9 Å². The lowest BCUT2D eigenvalue weighted by atomic mass is 9.74. The van der Waals surface area contributed by atoms with Crippen molar-refractivity contribution in [2.75, 3.05) is 25.1 Å². The number of amides is 1. The molecule has 4 fully saturated rings. The molecule has 1 amide bonds. The van der Waals surface area contributed by atoms with E-state index in [1.807, 2.05) is 0 Å². The number of rotatable bonds is 6. The number of ether oxygens (including phenoxy) is 1. The summed E-state index contributed by atoms with van der Waals surface area (Å²) < 4.78 is 19.1. The highest BCUT2D eigenvalue weighted by atomic mass is 19.1. The lowest BCUT2D eigenvalue weighted by molar-refractivity contribution is -0.127. The third-order valence-corrected chi connectivity index (χ3v) is 7.92. The molecule has 7 nitrogen and oxygen atoms in total. The van der Waals surface area contributed by atoms with Crippen LogP contribution in [-0.2, 0) is 9.53 Å². The Kier molecular flexibility index (Phi) is 5.39. The average Bonchev–Trinajstić information content (AvgIpc) is 3.54. The van der Waals surface area contributed by atoms with Gasteiger partial charge in [-0.1, -0.05) is 0 Å². The summed E-state index contributed by atoms with van der Waals surface area (Å²) in [6.07, 6.45) is 10.5. The van der Waals surface area contributed by atoms with Crippen LogP contribution < -0.4 is 10.6 Å². The zero-order chi connectivity index (χ0) is 20.8. The SMILES string of the molecule is CO[C@@H]1CN(c2ncc(F)cn2)CC[C@@H]1C1C[C@@H]2CC[C@@H](C1)N2[C@@H](C(N)=O)C1CC1. The van der Waals surface area contributed by atoms with Crippen LogP contribution in [0.25, 0.3) is 0 Å². The van der Waals surface area contributed by atoms with Crippen LogP contribution in [0.4, 0.5) is 10.3 Å². The fourth-order valence-electron chi connectivity index (χ4n) is 6.47. The number of piperidine rings is 2. The van der Waals surface area contributed by atoms with Crippen LogP contribution in [0.5, 0.6) is 0 Å². The molecule has 1 aliphatic carbocycles. The Morgan fingerprint density at radius 2 is 1.83 bits per heavy atom. The number of anilines is 1. The van der Waals surface area contributed by atoms with Crippen LogP contribution in [0.15, 0.2) is 12.4 Å². The third kappa shape index (κ3) is 3.68. The highest BCUT2D eigenvalue weighted by molar-refractivity contribution is 5.80. The van der Waals surface area contributed by atoms with Gasteiger partial charge < -0.3 is 15.4 Å². The van der Waals surface area contributed by atoms with Gasteiger partial charge in [0.2, 0.25) is 11.9 Å². The first-order valence-electron chi connectivity index (χ1n) is 11.4. The van der Waals surface area contributed by atoms with Crippen molar-refractivity contribution in [2.45, 2.75) is 69.2 Å². The van der Waals surface area contributed by atoms with Gasteiger partial charge in [0.25, 0.3) is 0 Å². The summed E-state index contributed by atoms with van der Waals surface area (Å²) in [6, 6.07) is 0.893. The Balaban J connectivity index is 1.26. The lowest BCUT2D eigenvalue weighted by Gasteiger charge is -2.48. The van der Waals surface area contributed by atoms with Gasteiger partial charge in [0.15, 0.2) is 5.82 Å². The minimum absolute atomic E-state index is 0.0563. The highest BCUT2D eigenvalue weighted by Crippen LogP contribution is 2.48. The molecule has 2 bridgehead atoms. The second-order valence-corrected chi connectivity index (χ2v) is 9.62. The van der Waals surface area contributed by atoms with Crippen molar-refractivity contribution in [3.63, 3.8) is 0 Å². The number of nitrogens with two attached hydrogens (primary N) is 1. The molecule has 164 valence electrons. The van der Waals surface area contributed by atoms with E-state index in [-0.39, 0.29) is 18.1 Å². The Labute approximate surface area is 177 Å². The molecule has 1 saturated carbocycles. The normalized spacial score (nSPS) is 35.4. The van der Waals surface area contributed by atoms with Crippen LogP contribution >= 0.6 is 0 Å². The van der Waals surface area contributed by atoms with Gasteiger partial charge in [0, 0.05) is 32.3 Å². The Bertz CT molecular complexity index is 759. The Morgan fingerprint density at radius 3 is 2.40 bits per heavy atom. The van der Waals surface area contributed by atoms with E-state index < -0.39 is 5.82 Å². The number of carbonyl (C=O) groups excluding carboxylic acids is 1. The van der Waals surface area contributed by atoms with Gasteiger partial charge in [0.05, 0.1) is 24.5 Å². The molecular formula is C22H32FN5O2. The molecule has 0 spiro atoms. The van der Waals surface area contributed by atoms with E-state index in [9.17, 15) is 9.18 Å². The minimum atomic E-state index is -0.417. The minimum Gasteiger partial charge on any atom is -0.379 e. The van der Waals surface area contributed by atoms with Crippen molar-refractivity contribution in [1.29, 1.82) is 0 Å². The smallest absolute Gasteiger partial charge is 0.235 e. The zero-order valence-electron chi connectivity index (χ0n) is 17.6. The number of hydrogen-bond donors (Lipinski definition) is 1. The van der Waals surface area contributed by atoms with Crippen LogP contribution in [-0.4, -0.2) is 65.2 Å². The van der Waals surface area contributed by atoms with Gasteiger partial charge in [-0.25, -0.2) is 14.4 Å². The van der Waals surface area contributed by atoms with Crippen molar-refractivity contribution in [3.05, 3.63) is 18.2 Å². The zero-order valence-corrected chi connectivity index (χ0v) is 17.6. The van der Waals surface area contributed by atoms with E-state index in [4.69, 9.17) is 10.5 Å². The molecule has 3 aliphatic heterocycles. The lowest BCUT2D eigenvalue weighted by Crippen LogP contribution is -2.57. The number of carbonyl (C=O) groups is 1. The summed E-state index contributed by atoms with van der Waals surface area (Å²) in [5, 5.41) is 0. The molecular weight excluding hydrogens is 385 g/mol. The molecule has 1 aromatic heterocycles. The van der Waals surface area contributed by atoms with E-state index in [2.05, 4.69) is 19.8 Å². The summed E-state index contributed by atoms with van der Waals surface area (Å²) in [4.78, 5) is 25.1. The highest BCUT2D eigenvalue weighted by Gasteiger charge is 2.51. The first kappa shape index (κ1) is 20.1. The number of primary amides is 1. The fraction of sp³-hybridized carbons (Fsp3) is 0.773. The number of nitrogens with zero attached hydrogens (tertiary/aromatic N) is 4. The molecule has 4 aliphatic rings. The summed E-state index contributed by atoms with van der Waals surface area (Å²) in [7, 11) is 1.78. The van der Waals surface area contributed by atoms with Crippen molar-refractivity contribution in [3.8, 4) is 0 Å². The second kappa shape index (κ2) is 8.04. The first-order chi connectivity index (χ1) is 14.5. The average molecular weight is 418 g/mol. The number of fused-ring (bicyclic) bond motifs is 2. The molecule has 2 N–H and O–H groups in total. The number of methoxy groups -OCH3 is 1. The standard InChI is InChI=1S/C22H32FN5O2/c1-30-19-12-27(22-25-10-15(23)11-26-22)7-6-18(19)14-8-16-4-5-17(9-14)28(16)20(21(24)29)13-2-3-13/h10-11,13-14,16-20H,2-9,12H2,1H3,(H2,24,29)/t16-,17-,18+,19+,20+/m0/s1. The van der Waals surface area contributed by atoms with E-state index in [0.29, 0.717) is 35.8 Å². The molecule has 8 heteroatoms. The molecule has 5 rings (SSSR count). The van der Waals surface area contributed by atoms with E-state index in [0.717, 1.165) is 45.2 Å². The quantitative estimate of drug-likeness (QED) is 0.762. The molecule has 0 unspecified atom stereocenters. The van der Waals surface area contributed by atoms with Gasteiger partial charge in [-0.15, -0.1) is 0 Å². The van der Waals surface area contributed by atoms with Crippen molar-refractivity contribution < 1.29 is 13.9 Å². The molecule has 3 saturated heterocycles. The van der Waals surface area contributed by atoms with Gasteiger partial charge in [0.1, 0.15) is 0 Å². The number of halogens is 1. The molecule has 4 heterocycles. The van der Waals surface area contributed by atoms with Gasteiger partial charge in [-0.05, 0) is 62.7 Å². The van der Waals surface area contributed by atoms with E-state index >= 15 is 0 Å². The molecule has 5 atom stereocenters. The van der Waals surface area contributed by atoms with Gasteiger partial charge >= 0.3 is 0 Å². The van der Waals surface area contributed by atoms with Crippen LogP contribution in [0.2, 0.25) is 0 Å². The predicted octanol–water partition coefficient (Wildman–Crippen LogP) is 1.96. The van der Waals surface area contributed by atoms with Gasteiger partial charge in [-0.2, -0.15) is 0 Å². The maximum Gasteiger partial charge on any atom is 0.235 e. The Hall–Kier alpha value is -1.80. The van der Waals surface area contributed by atoms with Crippen molar-refractivity contribution in [1.82, 2.24) is 14.9 Å². The Morgan fingerprint density at radius 1 is 1.17 bits per heavy atom. The van der Waals surface area contributed by atoms with Crippen LogP contribution in [0.1, 0.15) is 44.9 Å². The van der Waals surface area contributed by atoms with Crippen LogP contribution in [0.3, 0.4) is 0 Å². The maximum atomic E-state index is 13.2. The molecule has 1 aromatic rings. The van der Waals surface area contributed by atoms with Gasteiger partial charge in [-0.3, -0.25) is 9.69 Å². The van der Waals surface area contributed by atoms with E-state index in [1.165, 1.54) is 25.2 Å².